The molecule has 19 heavy (non-hydrogen) atoms. The van der Waals surface area contributed by atoms with Gasteiger partial charge in [-0.15, -0.1) is 11.3 Å². The lowest BCUT2D eigenvalue weighted by molar-refractivity contribution is -0.182. The number of nitrogens with zero attached hydrogens (tertiary/aromatic N) is 1. The summed E-state index contributed by atoms with van der Waals surface area (Å²) in [4.78, 5) is 14.6. The fourth-order valence-corrected chi connectivity index (χ4v) is 2.78. The predicted octanol–water partition coefficient (Wildman–Crippen LogP) is 3.49. The maximum absolute atomic E-state index is 12.7. The first-order valence-electron chi connectivity index (χ1n) is 5.49. The number of aliphatic carboxylic acids is 1. The van der Waals surface area contributed by atoms with Crippen LogP contribution >= 0.6 is 11.3 Å². The zero-order chi connectivity index (χ0) is 14.0. The van der Waals surface area contributed by atoms with E-state index in [1.165, 1.54) is 0 Å². The molecule has 1 aromatic carbocycles. The van der Waals surface area contributed by atoms with Crippen LogP contribution in [0, 0.1) is 5.92 Å². The lowest BCUT2D eigenvalue weighted by Gasteiger charge is -2.16. The fraction of sp³-hybridized carbons (Fsp3) is 0.333. The Bertz CT molecular complexity index is 561. The highest BCUT2D eigenvalue weighted by atomic mass is 32.1. The van der Waals surface area contributed by atoms with Crippen LogP contribution in [-0.2, 0) is 11.2 Å². The van der Waals surface area contributed by atoms with Crippen LogP contribution in [0.15, 0.2) is 24.3 Å². The van der Waals surface area contributed by atoms with Gasteiger partial charge in [0.05, 0.1) is 27.6 Å². The zero-order valence-corrected chi connectivity index (χ0v) is 10.5. The SMILES string of the molecule is O=C(O)C[C@H](Cc1nc2ccccc2s1)C(F)(F)F. The van der Waals surface area contributed by atoms with E-state index in [9.17, 15) is 18.0 Å². The molecule has 1 N–H and O–H groups in total. The molecule has 0 saturated carbocycles. The first kappa shape index (κ1) is 13.8. The summed E-state index contributed by atoms with van der Waals surface area (Å²) in [5, 5.41) is 8.86. The van der Waals surface area contributed by atoms with Crippen LogP contribution in [-0.4, -0.2) is 22.2 Å². The first-order chi connectivity index (χ1) is 8.86. The Morgan fingerprint density at radius 2 is 2.05 bits per heavy atom. The number of thiazole rings is 1. The normalized spacial score (nSPS) is 13.6. The second kappa shape index (κ2) is 5.16. The highest BCUT2D eigenvalue weighted by Gasteiger charge is 2.41. The van der Waals surface area contributed by atoms with Crippen LogP contribution in [0.2, 0.25) is 0 Å². The smallest absolute Gasteiger partial charge is 0.392 e. The van der Waals surface area contributed by atoms with E-state index in [4.69, 9.17) is 5.11 Å². The number of para-hydroxylation sites is 1. The van der Waals surface area contributed by atoms with Crippen LogP contribution in [0.25, 0.3) is 10.2 Å². The van der Waals surface area contributed by atoms with E-state index in [-0.39, 0.29) is 0 Å². The average molecular weight is 289 g/mol. The molecule has 1 heterocycles. The highest BCUT2D eigenvalue weighted by molar-refractivity contribution is 7.18. The maximum Gasteiger partial charge on any atom is 0.392 e. The largest absolute Gasteiger partial charge is 0.481 e. The fourth-order valence-electron chi connectivity index (χ4n) is 1.73. The Hall–Kier alpha value is -1.63. The van der Waals surface area contributed by atoms with E-state index in [1.54, 1.807) is 24.3 Å². The van der Waals surface area contributed by atoms with E-state index >= 15 is 0 Å². The molecule has 0 aliphatic rings. The molecule has 0 aliphatic carbocycles. The van der Waals surface area contributed by atoms with Gasteiger partial charge in [-0.3, -0.25) is 4.79 Å². The number of fused-ring (bicyclic) bond motifs is 1. The summed E-state index contributed by atoms with van der Waals surface area (Å²) < 4.78 is 39.0. The molecule has 2 rings (SSSR count). The number of aromatic nitrogens is 1. The van der Waals surface area contributed by atoms with Gasteiger partial charge >= 0.3 is 12.1 Å². The number of benzene rings is 1. The van der Waals surface area contributed by atoms with Gasteiger partial charge in [0.1, 0.15) is 0 Å². The Kier molecular flexibility index (Phi) is 3.75. The van der Waals surface area contributed by atoms with Crippen molar-refractivity contribution in [3.8, 4) is 0 Å². The summed E-state index contributed by atoms with van der Waals surface area (Å²) in [5.41, 5.74) is 0.638. The summed E-state index contributed by atoms with van der Waals surface area (Å²) in [6.45, 7) is 0. The number of hydrogen-bond donors (Lipinski definition) is 1. The molecule has 1 atom stereocenters. The Balaban J connectivity index is 2.23. The highest BCUT2D eigenvalue weighted by Crippen LogP contribution is 2.33. The van der Waals surface area contributed by atoms with E-state index in [0.29, 0.717) is 10.5 Å². The van der Waals surface area contributed by atoms with Gasteiger partial charge in [-0.2, -0.15) is 13.2 Å². The third-order valence-electron chi connectivity index (χ3n) is 2.64. The number of alkyl halides is 3. The molecular formula is C12H10F3NO2S. The standard InChI is InChI=1S/C12H10F3NO2S/c13-12(14,15)7(6-11(17)18)5-10-16-8-3-1-2-4-9(8)19-10/h1-4,7H,5-6H2,(H,17,18)/t7-/m0/s1. The molecule has 0 radical (unpaired) electrons. The van der Waals surface area contributed by atoms with E-state index in [0.717, 1.165) is 16.0 Å². The second-order valence-electron chi connectivity index (χ2n) is 4.12. The summed E-state index contributed by atoms with van der Waals surface area (Å²) in [6, 6.07) is 7.03. The lowest BCUT2D eigenvalue weighted by atomic mass is 10.0. The molecule has 0 aliphatic heterocycles. The molecule has 0 spiro atoms. The number of carbonyl (C=O) groups is 1. The third-order valence-corrected chi connectivity index (χ3v) is 3.70. The van der Waals surface area contributed by atoms with Crippen molar-refractivity contribution in [2.24, 2.45) is 5.92 Å². The number of hydrogen-bond acceptors (Lipinski definition) is 3. The van der Waals surface area contributed by atoms with E-state index in [2.05, 4.69) is 4.98 Å². The van der Waals surface area contributed by atoms with E-state index in [1.807, 2.05) is 0 Å². The van der Waals surface area contributed by atoms with Crippen molar-refractivity contribution < 1.29 is 23.1 Å². The lowest BCUT2D eigenvalue weighted by Crippen LogP contribution is -2.27. The number of carboxylic acids is 1. The molecule has 0 unspecified atom stereocenters. The van der Waals surface area contributed by atoms with Crippen LogP contribution in [0.5, 0.6) is 0 Å². The minimum absolute atomic E-state index is 0.310. The Morgan fingerprint density at radius 3 is 2.63 bits per heavy atom. The van der Waals surface area contributed by atoms with Crippen molar-refractivity contribution >= 4 is 27.5 Å². The minimum Gasteiger partial charge on any atom is -0.481 e. The molecule has 1 aromatic heterocycles. The molecule has 0 bridgehead atoms. The molecule has 2 aromatic rings. The van der Waals surface area contributed by atoms with Crippen LogP contribution < -0.4 is 0 Å². The quantitative estimate of drug-likeness (QED) is 0.937. The van der Waals surface area contributed by atoms with Gasteiger partial charge in [0.2, 0.25) is 0 Å². The third kappa shape index (κ3) is 3.44. The summed E-state index contributed by atoms with van der Waals surface area (Å²) in [7, 11) is 0. The summed E-state index contributed by atoms with van der Waals surface area (Å²) in [5.74, 6) is -3.35. The van der Waals surface area contributed by atoms with Crippen molar-refractivity contribution in [2.75, 3.05) is 0 Å². The van der Waals surface area contributed by atoms with Gasteiger partial charge in [0.25, 0.3) is 0 Å². The molecule has 0 amide bonds. The van der Waals surface area contributed by atoms with Gasteiger partial charge in [0.15, 0.2) is 0 Å². The molecule has 7 heteroatoms. The average Bonchev–Trinajstić information content (AvgIpc) is 2.68. The van der Waals surface area contributed by atoms with Gasteiger partial charge in [-0.1, -0.05) is 12.1 Å². The monoisotopic (exact) mass is 289 g/mol. The van der Waals surface area contributed by atoms with Gasteiger partial charge in [0, 0.05) is 6.42 Å². The van der Waals surface area contributed by atoms with Crippen molar-refractivity contribution in [1.82, 2.24) is 4.98 Å². The topological polar surface area (TPSA) is 50.2 Å². The van der Waals surface area contributed by atoms with Crippen molar-refractivity contribution in [3.05, 3.63) is 29.3 Å². The van der Waals surface area contributed by atoms with Gasteiger partial charge in [-0.05, 0) is 12.1 Å². The Labute approximate surface area is 110 Å². The number of rotatable bonds is 4. The van der Waals surface area contributed by atoms with Crippen molar-refractivity contribution in [2.45, 2.75) is 19.0 Å². The van der Waals surface area contributed by atoms with Crippen LogP contribution in [0.4, 0.5) is 13.2 Å². The number of carboxylic acid groups (broad SMARTS) is 1. The molecule has 3 nitrogen and oxygen atoms in total. The van der Waals surface area contributed by atoms with Crippen molar-refractivity contribution in [3.63, 3.8) is 0 Å². The van der Waals surface area contributed by atoms with Crippen LogP contribution in [0.3, 0.4) is 0 Å². The van der Waals surface area contributed by atoms with E-state index < -0.39 is 30.9 Å². The van der Waals surface area contributed by atoms with Crippen molar-refractivity contribution in [1.29, 1.82) is 0 Å². The Morgan fingerprint density at radius 1 is 1.37 bits per heavy atom. The zero-order valence-electron chi connectivity index (χ0n) is 9.65. The summed E-state index contributed by atoms with van der Waals surface area (Å²) >= 11 is 1.16. The molecular weight excluding hydrogens is 279 g/mol. The second-order valence-corrected chi connectivity index (χ2v) is 5.23. The van der Waals surface area contributed by atoms with Crippen LogP contribution in [0.1, 0.15) is 11.4 Å². The summed E-state index contributed by atoms with van der Waals surface area (Å²) in [6.07, 6.45) is -5.86. The maximum atomic E-state index is 12.7. The molecule has 0 saturated heterocycles. The number of halogens is 3. The predicted molar refractivity (Wildman–Crippen MR) is 65.1 cm³/mol. The van der Waals surface area contributed by atoms with Gasteiger partial charge in [-0.25, -0.2) is 4.98 Å². The molecule has 102 valence electrons. The van der Waals surface area contributed by atoms with Gasteiger partial charge < -0.3 is 5.11 Å². The molecule has 0 fully saturated rings. The first-order valence-corrected chi connectivity index (χ1v) is 6.31. The minimum atomic E-state index is -4.53.